The van der Waals surface area contributed by atoms with Gasteiger partial charge in [0.2, 0.25) is 5.91 Å². The topological polar surface area (TPSA) is 41.6 Å². The van der Waals surface area contributed by atoms with Crippen molar-refractivity contribution in [2.75, 3.05) is 13.2 Å². The van der Waals surface area contributed by atoms with Crippen LogP contribution in [0.3, 0.4) is 0 Å². The Labute approximate surface area is 128 Å². The molecule has 4 heteroatoms. The molecule has 2 heterocycles. The molecule has 0 aromatic rings. The Morgan fingerprint density at radius 3 is 2.62 bits per heavy atom. The van der Waals surface area contributed by atoms with E-state index in [9.17, 15) is 4.79 Å². The maximum Gasteiger partial charge on any atom is 0.238 e. The number of carbonyl (C=O) groups is 1. The zero-order valence-corrected chi connectivity index (χ0v) is 13.6. The molecule has 2 saturated heterocycles. The Morgan fingerprint density at radius 2 is 1.95 bits per heavy atom. The lowest BCUT2D eigenvalue weighted by atomic mass is 9.84. The number of nitrogens with zero attached hydrogens (tertiary/aromatic N) is 1. The fraction of sp³-hybridized carbons (Fsp3) is 0.941. The molecule has 2 atom stereocenters. The molecule has 120 valence electrons. The van der Waals surface area contributed by atoms with E-state index in [0.29, 0.717) is 24.4 Å². The highest BCUT2D eigenvalue weighted by Gasteiger charge is 2.45. The molecule has 0 aromatic heterocycles. The summed E-state index contributed by atoms with van der Waals surface area (Å²) in [5, 5.41) is 3.49. The summed E-state index contributed by atoms with van der Waals surface area (Å²) in [6.07, 6.45) is 9.59. The summed E-state index contributed by atoms with van der Waals surface area (Å²) in [4.78, 5) is 14.7. The first-order valence-electron chi connectivity index (χ1n) is 8.87. The summed E-state index contributed by atoms with van der Waals surface area (Å²) in [6.45, 7) is 5.76. The molecule has 2 unspecified atom stereocenters. The number of amides is 1. The second-order valence-corrected chi connectivity index (χ2v) is 7.06. The van der Waals surface area contributed by atoms with Gasteiger partial charge in [0.25, 0.3) is 0 Å². The molecule has 0 radical (unpaired) electrons. The van der Waals surface area contributed by atoms with E-state index >= 15 is 0 Å². The fourth-order valence-electron chi connectivity index (χ4n) is 4.62. The molecule has 1 saturated carbocycles. The molecule has 0 aromatic carbocycles. The van der Waals surface area contributed by atoms with Crippen LogP contribution < -0.4 is 5.32 Å². The van der Waals surface area contributed by atoms with Crippen molar-refractivity contribution in [2.45, 2.75) is 83.0 Å². The number of nitrogens with one attached hydrogen (secondary N) is 1. The molecule has 21 heavy (non-hydrogen) atoms. The highest BCUT2D eigenvalue weighted by Crippen LogP contribution is 2.38. The Kier molecular flexibility index (Phi) is 4.55. The van der Waals surface area contributed by atoms with Crippen LogP contribution in [0.2, 0.25) is 0 Å². The lowest BCUT2D eigenvalue weighted by Gasteiger charge is -2.45. The van der Waals surface area contributed by atoms with Crippen molar-refractivity contribution in [3.05, 3.63) is 0 Å². The quantitative estimate of drug-likeness (QED) is 0.867. The molecule has 1 N–H and O–H groups in total. The SMILES string of the molecule is CCC1(CC)CC(N2C(=O)CNC2C2CCCC2)CCO1. The van der Waals surface area contributed by atoms with E-state index in [1.165, 1.54) is 25.7 Å². The molecule has 4 nitrogen and oxygen atoms in total. The van der Waals surface area contributed by atoms with Gasteiger partial charge < -0.3 is 9.64 Å². The minimum absolute atomic E-state index is 0.00792. The van der Waals surface area contributed by atoms with Crippen LogP contribution >= 0.6 is 0 Å². The van der Waals surface area contributed by atoms with Gasteiger partial charge >= 0.3 is 0 Å². The molecule has 2 aliphatic heterocycles. The molecule has 0 spiro atoms. The van der Waals surface area contributed by atoms with E-state index in [0.717, 1.165) is 32.3 Å². The molecular formula is C17H30N2O2. The summed E-state index contributed by atoms with van der Waals surface area (Å²) >= 11 is 0. The van der Waals surface area contributed by atoms with Gasteiger partial charge in [-0.15, -0.1) is 0 Å². The summed E-state index contributed by atoms with van der Waals surface area (Å²) in [7, 11) is 0. The van der Waals surface area contributed by atoms with Gasteiger partial charge in [0.05, 0.1) is 18.3 Å². The fourth-order valence-corrected chi connectivity index (χ4v) is 4.62. The van der Waals surface area contributed by atoms with Crippen molar-refractivity contribution in [2.24, 2.45) is 5.92 Å². The van der Waals surface area contributed by atoms with Crippen molar-refractivity contribution < 1.29 is 9.53 Å². The molecule has 3 aliphatic rings. The number of rotatable bonds is 4. The van der Waals surface area contributed by atoms with Crippen LogP contribution in [0.25, 0.3) is 0 Å². The molecule has 0 bridgehead atoms. The van der Waals surface area contributed by atoms with E-state index in [-0.39, 0.29) is 11.8 Å². The third kappa shape index (κ3) is 2.85. The average molecular weight is 294 g/mol. The highest BCUT2D eigenvalue weighted by atomic mass is 16.5. The zero-order valence-electron chi connectivity index (χ0n) is 13.6. The Bertz CT molecular complexity index is 375. The smallest absolute Gasteiger partial charge is 0.238 e. The standard InChI is InChI=1S/C17H30N2O2/c1-3-17(4-2)11-14(9-10-21-17)19-15(20)12-18-16(19)13-7-5-6-8-13/h13-14,16,18H,3-12H2,1-2H3. The minimum Gasteiger partial charge on any atom is -0.375 e. The van der Waals surface area contributed by atoms with Gasteiger partial charge in [0.15, 0.2) is 0 Å². The van der Waals surface area contributed by atoms with Crippen LogP contribution in [0.4, 0.5) is 0 Å². The van der Waals surface area contributed by atoms with Gasteiger partial charge in [-0.2, -0.15) is 0 Å². The molecule has 1 aliphatic carbocycles. The first-order valence-corrected chi connectivity index (χ1v) is 8.87. The summed E-state index contributed by atoms with van der Waals surface area (Å²) in [5.41, 5.74) is -0.00792. The lowest BCUT2D eigenvalue weighted by molar-refractivity contribution is -0.143. The van der Waals surface area contributed by atoms with Gasteiger partial charge in [0.1, 0.15) is 0 Å². The van der Waals surface area contributed by atoms with Gasteiger partial charge in [-0.05, 0) is 44.4 Å². The lowest BCUT2D eigenvalue weighted by Crippen LogP contribution is -2.54. The predicted octanol–water partition coefficient (Wildman–Crippen LogP) is 2.67. The van der Waals surface area contributed by atoms with Crippen LogP contribution in [-0.4, -0.2) is 41.8 Å². The third-order valence-electron chi connectivity index (χ3n) is 6.05. The van der Waals surface area contributed by atoms with Crippen molar-refractivity contribution in [1.82, 2.24) is 10.2 Å². The van der Waals surface area contributed by atoms with Crippen molar-refractivity contribution in [1.29, 1.82) is 0 Å². The third-order valence-corrected chi connectivity index (χ3v) is 6.05. The maximum atomic E-state index is 12.5. The first-order chi connectivity index (χ1) is 10.2. The Hall–Kier alpha value is -0.610. The second kappa shape index (κ2) is 6.25. The van der Waals surface area contributed by atoms with Crippen molar-refractivity contribution in [3.8, 4) is 0 Å². The summed E-state index contributed by atoms with van der Waals surface area (Å²) in [6, 6.07) is 0.367. The van der Waals surface area contributed by atoms with E-state index in [2.05, 4.69) is 24.1 Å². The summed E-state index contributed by atoms with van der Waals surface area (Å²) < 4.78 is 6.09. The molecular weight excluding hydrogens is 264 g/mol. The molecule has 3 fully saturated rings. The van der Waals surface area contributed by atoms with Gasteiger partial charge in [-0.25, -0.2) is 0 Å². The zero-order chi connectivity index (χ0) is 14.9. The highest BCUT2D eigenvalue weighted by molar-refractivity contribution is 5.81. The first kappa shape index (κ1) is 15.3. The van der Waals surface area contributed by atoms with E-state index in [1.807, 2.05) is 0 Å². The van der Waals surface area contributed by atoms with Gasteiger partial charge in [0, 0.05) is 12.6 Å². The number of ether oxygens (including phenoxy) is 1. The van der Waals surface area contributed by atoms with Crippen LogP contribution in [0.5, 0.6) is 0 Å². The van der Waals surface area contributed by atoms with Gasteiger partial charge in [-0.3, -0.25) is 10.1 Å². The van der Waals surface area contributed by atoms with Crippen molar-refractivity contribution in [3.63, 3.8) is 0 Å². The van der Waals surface area contributed by atoms with Crippen molar-refractivity contribution >= 4 is 5.91 Å². The van der Waals surface area contributed by atoms with Gasteiger partial charge in [-0.1, -0.05) is 26.7 Å². The number of hydrogen-bond acceptors (Lipinski definition) is 3. The second-order valence-electron chi connectivity index (χ2n) is 7.06. The molecule has 3 rings (SSSR count). The predicted molar refractivity (Wildman–Crippen MR) is 82.9 cm³/mol. The number of carbonyl (C=O) groups excluding carboxylic acids is 1. The largest absolute Gasteiger partial charge is 0.375 e. The Balaban J connectivity index is 1.74. The van der Waals surface area contributed by atoms with Crippen LogP contribution in [0.1, 0.15) is 65.2 Å². The van der Waals surface area contributed by atoms with Crippen LogP contribution in [-0.2, 0) is 9.53 Å². The van der Waals surface area contributed by atoms with E-state index in [1.54, 1.807) is 0 Å². The normalized spacial score (nSPS) is 33.8. The number of hydrogen-bond donors (Lipinski definition) is 1. The van der Waals surface area contributed by atoms with Crippen LogP contribution in [0, 0.1) is 5.92 Å². The van der Waals surface area contributed by atoms with E-state index < -0.39 is 0 Å². The maximum absolute atomic E-state index is 12.5. The van der Waals surface area contributed by atoms with E-state index in [4.69, 9.17) is 4.74 Å². The summed E-state index contributed by atoms with van der Waals surface area (Å²) in [5.74, 6) is 0.969. The average Bonchev–Trinajstić information content (AvgIpc) is 3.16. The van der Waals surface area contributed by atoms with Crippen LogP contribution in [0.15, 0.2) is 0 Å². The minimum atomic E-state index is -0.00792. The Morgan fingerprint density at radius 1 is 1.24 bits per heavy atom. The molecule has 1 amide bonds. The monoisotopic (exact) mass is 294 g/mol.